The van der Waals surface area contributed by atoms with E-state index in [4.69, 9.17) is 4.98 Å². The highest BCUT2D eigenvalue weighted by atomic mass is 16.2. The number of nitrogens with zero attached hydrogens (tertiary/aromatic N) is 6. The van der Waals surface area contributed by atoms with E-state index >= 15 is 0 Å². The van der Waals surface area contributed by atoms with Gasteiger partial charge in [-0.15, -0.1) is 0 Å². The van der Waals surface area contributed by atoms with Crippen molar-refractivity contribution in [2.75, 3.05) is 25.0 Å². The van der Waals surface area contributed by atoms with Gasteiger partial charge in [0, 0.05) is 31.8 Å². The summed E-state index contributed by atoms with van der Waals surface area (Å²) in [6.07, 6.45) is 3.49. The van der Waals surface area contributed by atoms with Crippen LogP contribution in [0, 0.1) is 5.92 Å². The first-order valence-electron chi connectivity index (χ1n) is 9.00. The third-order valence-corrected chi connectivity index (χ3v) is 5.54. The minimum absolute atomic E-state index is 0.0739. The van der Waals surface area contributed by atoms with Gasteiger partial charge in [-0.3, -0.25) is 4.79 Å². The summed E-state index contributed by atoms with van der Waals surface area (Å²) in [6.45, 7) is 1.66. The number of likely N-dealkylation sites (N-methyl/N-ethyl adjacent to an activating group) is 1. The molecule has 2 aliphatic heterocycles. The van der Waals surface area contributed by atoms with Crippen LogP contribution in [-0.4, -0.2) is 56.6 Å². The van der Waals surface area contributed by atoms with Crippen molar-refractivity contribution in [2.24, 2.45) is 5.92 Å². The number of hydrogen-bond acceptors (Lipinski definition) is 5. The largest absolute Gasteiger partial charge is 0.351 e. The topological polar surface area (TPSA) is 66.6 Å². The van der Waals surface area contributed by atoms with Crippen molar-refractivity contribution in [1.29, 1.82) is 0 Å². The molecule has 1 aromatic carbocycles. The molecule has 0 radical (unpaired) electrons. The van der Waals surface area contributed by atoms with Crippen molar-refractivity contribution in [3.8, 4) is 11.3 Å². The second-order valence-corrected chi connectivity index (χ2v) is 7.07. The summed E-state index contributed by atoms with van der Waals surface area (Å²) in [4.78, 5) is 25.6. The van der Waals surface area contributed by atoms with Crippen molar-refractivity contribution in [3.05, 3.63) is 42.7 Å². The summed E-state index contributed by atoms with van der Waals surface area (Å²) >= 11 is 0. The average molecular weight is 348 g/mol. The number of aromatic nitrogens is 4. The average Bonchev–Trinajstić information content (AvgIpc) is 3.26. The molecule has 2 atom stereocenters. The van der Waals surface area contributed by atoms with E-state index in [0.717, 1.165) is 43.0 Å². The van der Waals surface area contributed by atoms with Crippen LogP contribution in [0.5, 0.6) is 0 Å². The summed E-state index contributed by atoms with van der Waals surface area (Å²) in [5.74, 6) is 1.79. The number of carbonyl (C=O) groups is 1. The molecule has 0 saturated carbocycles. The Morgan fingerprint density at radius 3 is 2.88 bits per heavy atom. The molecule has 7 heteroatoms. The van der Waals surface area contributed by atoms with E-state index in [0.29, 0.717) is 5.78 Å². The fourth-order valence-corrected chi connectivity index (χ4v) is 4.27. The van der Waals surface area contributed by atoms with Crippen LogP contribution in [-0.2, 0) is 4.79 Å². The van der Waals surface area contributed by atoms with Crippen molar-refractivity contribution >= 4 is 17.5 Å². The van der Waals surface area contributed by atoms with Crippen molar-refractivity contribution < 1.29 is 4.79 Å². The monoisotopic (exact) mass is 348 g/mol. The first-order chi connectivity index (χ1) is 12.7. The van der Waals surface area contributed by atoms with E-state index < -0.39 is 0 Å². The van der Waals surface area contributed by atoms with Crippen LogP contribution in [0.1, 0.15) is 12.8 Å². The SMILES string of the molecule is CN1C[C@@H]2[C@@H](CCCN2c2cc(-c3ccccc3)n3ncnc3n2)C1=O. The van der Waals surface area contributed by atoms with Gasteiger partial charge in [0.2, 0.25) is 5.91 Å². The lowest BCUT2D eigenvalue weighted by atomic mass is 9.91. The van der Waals surface area contributed by atoms with Crippen molar-refractivity contribution in [2.45, 2.75) is 18.9 Å². The Balaban J connectivity index is 1.62. The predicted octanol–water partition coefficient (Wildman–Crippen LogP) is 1.85. The molecule has 0 N–H and O–H groups in total. The minimum Gasteiger partial charge on any atom is -0.351 e. The molecule has 2 saturated heterocycles. The second kappa shape index (κ2) is 5.79. The Kier molecular flexibility index (Phi) is 3.41. The number of benzene rings is 1. The van der Waals surface area contributed by atoms with Crippen LogP contribution < -0.4 is 4.90 Å². The second-order valence-electron chi connectivity index (χ2n) is 7.07. The molecule has 2 aliphatic rings. The van der Waals surface area contributed by atoms with E-state index in [9.17, 15) is 4.79 Å². The normalized spacial score (nSPS) is 22.9. The van der Waals surface area contributed by atoms with Gasteiger partial charge in [0.05, 0.1) is 17.7 Å². The summed E-state index contributed by atoms with van der Waals surface area (Å²) in [6, 6.07) is 12.4. The van der Waals surface area contributed by atoms with Gasteiger partial charge in [-0.1, -0.05) is 30.3 Å². The maximum absolute atomic E-state index is 12.4. The molecule has 0 aliphatic carbocycles. The summed E-state index contributed by atoms with van der Waals surface area (Å²) < 4.78 is 1.77. The lowest BCUT2D eigenvalue weighted by Gasteiger charge is -2.37. The van der Waals surface area contributed by atoms with Crippen LogP contribution in [0.2, 0.25) is 0 Å². The molecule has 5 rings (SSSR count). The number of amides is 1. The molecule has 26 heavy (non-hydrogen) atoms. The van der Waals surface area contributed by atoms with Gasteiger partial charge in [0.25, 0.3) is 5.78 Å². The molecule has 7 nitrogen and oxygen atoms in total. The molecule has 0 spiro atoms. The number of anilines is 1. The molecule has 0 unspecified atom stereocenters. The third kappa shape index (κ3) is 2.27. The van der Waals surface area contributed by atoms with E-state index in [1.165, 1.54) is 6.33 Å². The van der Waals surface area contributed by atoms with Crippen LogP contribution in [0.25, 0.3) is 17.0 Å². The maximum Gasteiger partial charge on any atom is 0.254 e. The van der Waals surface area contributed by atoms with E-state index in [-0.39, 0.29) is 17.9 Å². The van der Waals surface area contributed by atoms with Gasteiger partial charge in [0.15, 0.2) is 0 Å². The standard InChI is InChI=1S/C19H20N6O/c1-23-11-16-14(18(23)26)8-5-9-24(16)17-10-15(13-6-3-2-4-7-13)25-19(22-17)20-12-21-25/h2-4,6-7,10,12,14,16H,5,8-9,11H2,1H3/t14-,16-/m1/s1. The highest BCUT2D eigenvalue weighted by Gasteiger charge is 2.44. The smallest absolute Gasteiger partial charge is 0.254 e. The molecule has 0 bridgehead atoms. The quantitative estimate of drug-likeness (QED) is 0.707. The van der Waals surface area contributed by atoms with Gasteiger partial charge in [-0.25, -0.2) is 0 Å². The van der Waals surface area contributed by atoms with Crippen LogP contribution >= 0.6 is 0 Å². The molecular formula is C19H20N6O. The number of likely N-dealkylation sites (tertiary alicyclic amines) is 1. The molecule has 2 aromatic heterocycles. The van der Waals surface area contributed by atoms with Crippen LogP contribution in [0.3, 0.4) is 0 Å². The van der Waals surface area contributed by atoms with Gasteiger partial charge in [-0.05, 0) is 12.8 Å². The number of piperidine rings is 1. The Bertz CT molecular complexity index is 969. The number of carbonyl (C=O) groups excluding carboxylic acids is 1. The van der Waals surface area contributed by atoms with Gasteiger partial charge >= 0.3 is 0 Å². The summed E-state index contributed by atoms with van der Waals surface area (Å²) in [5.41, 5.74) is 2.03. The lowest BCUT2D eigenvalue weighted by molar-refractivity contribution is -0.130. The summed E-state index contributed by atoms with van der Waals surface area (Å²) in [7, 11) is 1.89. The van der Waals surface area contributed by atoms with E-state index in [1.54, 1.807) is 4.52 Å². The fourth-order valence-electron chi connectivity index (χ4n) is 4.27. The Morgan fingerprint density at radius 1 is 1.19 bits per heavy atom. The zero-order valence-electron chi connectivity index (χ0n) is 14.6. The van der Waals surface area contributed by atoms with Crippen LogP contribution in [0.15, 0.2) is 42.7 Å². The lowest BCUT2D eigenvalue weighted by Crippen LogP contribution is -2.46. The number of rotatable bonds is 2. The highest BCUT2D eigenvalue weighted by Crippen LogP contribution is 2.35. The van der Waals surface area contributed by atoms with Crippen molar-refractivity contribution in [1.82, 2.24) is 24.5 Å². The van der Waals surface area contributed by atoms with Gasteiger partial charge in [-0.2, -0.15) is 19.6 Å². The molecule has 132 valence electrons. The number of hydrogen-bond donors (Lipinski definition) is 0. The highest BCUT2D eigenvalue weighted by molar-refractivity contribution is 5.83. The molecule has 3 aromatic rings. The number of fused-ring (bicyclic) bond motifs is 2. The van der Waals surface area contributed by atoms with E-state index in [2.05, 4.69) is 33.2 Å². The Labute approximate surface area is 151 Å². The third-order valence-electron chi connectivity index (χ3n) is 5.54. The fraction of sp³-hybridized carbons (Fsp3) is 0.368. The Morgan fingerprint density at radius 2 is 2.04 bits per heavy atom. The van der Waals surface area contributed by atoms with Gasteiger partial charge < -0.3 is 9.80 Å². The van der Waals surface area contributed by atoms with Crippen molar-refractivity contribution in [3.63, 3.8) is 0 Å². The van der Waals surface area contributed by atoms with E-state index in [1.807, 2.05) is 30.1 Å². The van der Waals surface area contributed by atoms with Gasteiger partial charge in [0.1, 0.15) is 12.1 Å². The molecular weight excluding hydrogens is 328 g/mol. The zero-order valence-corrected chi connectivity index (χ0v) is 14.6. The zero-order chi connectivity index (χ0) is 17.7. The minimum atomic E-state index is 0.0739. The van der Waals surface area contributed by atoms with Crippen LogP contribution in [0.4, 0.5) is 5.82 Å². The molecule has 2 fully saturated rings. The predicted molar refractivity (Wildman–Crippen MR) is 97.7 cm³/mol. The maximum atomic E-state index is 12.4. The summed E-state index contributed by atoms with van der Waals surface area (Å²) in [5, 5.41) is 4.33. The molecule has 4 heterocycles. The first kappa shape index (κ1) is 15.3. The molecule has 1 amide bonds. The Hall–Kier alpha value is -2.96. The first-order valence-corrected chi connectivity index (χ1v) is 9.00.